The molecular formula is C14H18BrNO3. The van der Waals surface area contributed by atoms with Crippen molar-refractivity contribution in [2.75, 3.05) is 13.2 Å². The van der Waals surface area contributed by atoms with Crippen LogP contribution in [0.25, 0.3) is 0 Å². The first-order valence-corrected chi connectivity index (χ1v) is 7.48. The number of nitrogens with zero attached hydrogens (tertiary/aromatic N) is 1. The van der Waals surface area contributed by atoms with Crippen LogP contribution in [0.4, 0.5) is 0 Å². The molecule has 2 heterocycles. The third kappa shape index (κ3) is 2.99. The molecule has 0 unspecified atom stereocenters. The van der Waals surface area contributed by atoms with Crippen molar-refractivity contribution in [1.82, 2.24) is 4.98 Å². The van der Waals surface area contributed by atoms with Gasteiger partial charge in [0.05, 0.1) is 18.8 Å². The van der Waals surface area contributed by atoms with Gasteiger partial charge < -0.3 is 14.6 Å². The molecule has 2 aliphatic rings. The highest BCUT2D eigenvalue weighted by Gasteiger charge is 2.45. The van der Waals surface area contributed by atoms with Crippen LogP contribution in [0.15, 0.2) is 22.9 Å². The largest absolute Gasteiger partial charge is 0.390 e. The van der Waals surface area contributed by atoms with Crippen molar-refractivity contribution in [1.29, 1.82) is 0 Å². The van der Waals surface area contributed by atoms with Gasteiger partial charge in [0, 0.05) is 36.1 Å². The topological polar surface area (TPSA) is 51.6 Å². The maximum absolute atomic E-state index is 10.7. The number of halogens is 1. The second-order valence-electron chi connectivity index (χ2n) is 5.52. The summed E-state index contributed by atoms with van der Waals surface area (Å²) in [5, 5.41) is 10.7. The normalized spacial score (nSPS) is 24.7. The SMILES string of the molecule is OC1(Cc2cncc(Br)c2)CCC2(CC1)OCCO2. The average Bonchev–Trinajstić information content (AvgIpc) is 2.83. The van der Waals surface area contributed by atoms with Crippen LogP contribution in [0.1, 0.15) is 31.2 Å². The monoisotopic (exact) mass is 327 g/mol. The summed E-state index contributed by atoms with van der Waals surface area (Å²) in [4.78, 5) is 4.14. The van der Waals surface area contributed by atoms with Crippen LogP contribution in [-0.4, -0.2) is 34.7 Å². The molecule has 1 aromatic rings. The Balaban J connectivity index is 1.65. The fourth-order valence-electron chi connectivity index (χ4n) is 2.99. The van der Waals surface area contributed by atoms with E-state index in [1.807, 2.05) is 12.3 Å². The minimum atomic E-state index is -0.664. The Kier molecular flexibility index (Phi) is 3.64. The second-order valence-corrected chi connectivity index (χ2v) is 6.44. The Morgan fingerprint density at radius 1 is 1.16 bits per heavy atom. The number of aromatic nitrogens is 1. The maximum Gasteiger partial charge on any atom is 0.168 e. The summed E-state index contributed by atoms with van der Waals surface area (Å²) >= 11 is 3.41. The minimum Gasteiger partial charge on any atom is -0.390 e. The third-order valence-electron chi connectivity index (χ3n) is 4.05. The van der Waals surface area contributed by atoms with Gasteiger partial charge in [-0.3, -0.25) is 4.98 Å². The molecule has 0 amide bonds. The Bertz CT molecular complexity index is 450. The van der Waals surface area contributed by atoms with E-state index in [1.165, 1.54) is 0 Å². The van der Waals surface area contributed by atoms with Gasteiger partial charge >= 0.3 is 0 Å². The molecule has 1 aromatic heterocycles. The molecule has 2 fully saturated rings. The van der Waals surface area contributed by atoms with Crippen molar-refractivity contribution in [3.05, 3.63) is 28.5 Å². The van der Waals surface area contributed by atoms with E-state index in [0.29, 0.717) is 32.5 Å². The Labute approximate surface area is 121 Å². The molecule has 0 bridgehead atoms. The lowest BCUT2D eigenvalue weighted by Crippen LogP contribution is -2.44. The van der Waals surface area contributed by atoms with Crippen molar-refractivity contribution < 1.29 is 14.6 Å². The molecular weight excluding hydrogens is 310 g/mol. The van der Waals surface area contributed by atoms with Gasteiger partial charge in [-0.25, -0.2) is 0 Å². The molecule has 4 nitrogen and oxygen atoms in total. The van der Waals surface area contributed by atoms with Crippen molar-refractivity contribution in [3.63, 3.8) is 0 Å². The van der Waals surface area contributed by atoms with Gasteiger partial charge in [-0.1, -0.05) is 0 Å². The first-order chi connectivity index (χ1) is 9.09. The van der Waals surface area contributed by atoms with E-state index in [0.717, 1.165) is 22.9 Å². The fraction of sp³-hybridized carbons (Fsp3) is 0.643. The summed E-state index contributed by atoms with van der Waals surface area (Å²) in [7, 11) is 0. The molecule has 1 aliphatic carbocycles. The number of aliphatic hydroxyl groups is 1. The van der Waals surface area contributed by atoms with Crippen LogP contribution < -0.4 is 0 Å². The summed E-state index contributed by atoms with van der Waals surface area (Å²) in [6.07, 6.45) is 7.16. The molecule has 3 rings (SSSR count). The van der Waals surface area contributed by atoms with E-state index in [1.54, 1.807) is 6.20 Å². The number of ether oxygens (including phenoxy) is 2. The molecule has 104 valence electrons. The fourth-order valence-corrected chi connectivity index (χ4v) is 3.40. The Hall–Kier alpha value is -0.490. The van der Waals surface area contributed by atoms with Crippen LogP contribution in [0, 0.1) is 0 Å². The lowest BCUT2D eigenvalue weighted by Gasteiger charge is -2.40. The van der Waals surface area contributed by atoms with Gasteiger partial charge in [-0.2, -0.15) is 0 Å². The lowest BCUT2D eigenvalue weighted by molar-refractivity contribution is -0.202. The summed E-state index contributed by atoms with van der Waals surface area (Å²) in [6, 6.07) is 2.01. The smallest absolute Gasteiger partial charge is 0.168 e. The number of pyridine rings is 1. The Morgan fingerprint density at radius 2 is 1.84 bits per heavy atom. The number of rotatable bonds is 2. The van der Waals surface area contributed by atoms with E-state index >= 15 is 0 Å². The first kappa shape index (κ1) is 13.5. The quantitative estimate of drug-likeness (QED) is 0.906. The van der Waals surface area contributed by atoms with Gasteiger partial charge in [0.15, 0.2) is 5.79 Å². The molecule has 19 heavy (non-hydrogen) atoms. The standard InChI is InChI=1S/C14H18BrNO3/c15-12-7-11(9-16-10-12)8-13(17)1-3-14(4-2-13)18-5-6-19-14/h7,9-10,17H,1-6,8H2. The molecule has 1 aliphatic heterocycles. The number of hydrogen-bond donors (Lipinski definition) is 1. The van der Waals surface area contributed by atoms with Crippen LogP contribution >= 0.6 is 15.9 Å². The van der Waals surface area contributed by atoms with Crippen LogP contribution in [0.5, 0.6) is 0 Å². The maximum atomic E-state index is 10.7. The van der Waals surface area contributed by atoms with E-state index < -0.39 is 11.4 Å². The third-order valence-corrected chi connectivity index (χ3v) is 4.48. The summed E-state index contributed by atoms with van der Waals surface area (Å²) in [5.41, 5.74) is 0.393. The Morgan fingerprint density at radius 3 is 2.47 bits per heavy atom. The van der Waals surface area contributed by atoms with Crippen molar-refractivity contribution >= 4 is 15.9 Å². The van der Waals surface area contributed by atoms with E-state index in [4.69, 9.17) is 9.47 Å². The molecule has 5 heteroatoms. The van der Waals surface area contributed by atoms with Gasteiger partial charge in [0.25, 0.3) is 0 Å². The molecule has 1 saturated carbocycles. The van der Waals surface area contributed by atoms with Crippen LogP contribution in [-0.2, 0) is 15.9 Å². The highest BCUT2D eigenvalue weighted by molar-refractivity contribution is 9.10. The zero-order chi connectivity index (χ0) is 13.3. The molecule has 1 N–H and O–H groups in total. The van der Waals surface area contributed by atoms with Gasteiger partial charge in [-0.15, -0.1) is 0 Å². The van der Waals surface area contributed by atoms with Crippen molar-refractivity contribution in [2.45, 2.75) is 43.5 Å². The summed E-state index contributed by atoms with van der Waals surface area (Å²) < 4.78 is 12.3. The average molecular weight is 328 g/mol. The van der Waals surface area contributed by atoms with Gasteiger partial charge in [-0.05, 0) is 40.4 Å². The molecule has 0 radical (unpaired) electrons. The zero-order valence-electron chi connectivity index (χ0n) is 10.8. The first-order valence-electron chi connectivity index (χ1n) is 6.69. The molecule has 0 atom stereocenters. The zero-order valence-corrected chi connectivity index (χ0v) is 12.4. The van der Waals surface area contributed by atoms with Crippen LogP contribution in [0.3, 0.4) is 0 Å². The molecule has 0 aromatic carbocycles. The lowest BCUT2D eigenvalue weighted by atomic mass is 9.78. The second kappa shape index (κ2) is 5.13. The summed E-state index contributed by atoms with van der Waals surface area (Å²) in [6.45, 7) is 1.35. The van der Waals surface area contributed by atoms with Crippen LogP contribution in [0.2, 0.25) is 0 Å². The van der Waals surface area contributed by atoms with E-state index in [2.05, 4.69) is 20.9 Å². The summed E-state index contributed by atoms with van der Waals surface area (Å²) in [5.74, 6) is -0.415. The van der Waals surface area contributed by atoms with E-state index in [-0.39, 0.29) is 0 Å². The highest BCUT2D eigenvalue weighted by Crippen LogP contribution is 2.41. The van der Waals surface area contributed by atoms with Gasteiger partial charge in [0.1, 0.15) is 0 Å². The highest BCUT2D eigenvalue weighted by atomic mass is 79.9. The predicted octanol–water partition coefficient (Wildman–Crippen LogP) is 2.43. The minimum absolute atomic E-state index is 0.415. The van der Waals surface area contributed by atoms with Gasteiger partial charge in [0.2, 0.25) is 0 Å². The molecule has 1 spiro atoms. The number of hydrogen-bond acceptors (Lipinski definition) is 4. The van der Waals surface area contributed by atoms with Crippen molar-refractivity contribution in [3.8, 4) is 0 Å². The van der Waals surface area contributed by atoms with Crippen molar-refractivity contribution in [2.24, 2.45) is 0 Å². The van der Waals surface area contributed by atoms with E-state index in [9.17, 15) is 5.11 Å². The predicted molar refractivity (Wildman–Crippen MR) is 73.7 cm³/mol. The molecule has 1 saturated heterocycles.